The predicted octanol–water partition coefficient (Wildman–Crippen LogP) is 3.06. The summed E-state index contributed by atoms with van der Waals surface area (Å²) in [6.07, 6.45) is 1.41. The summed E-state index contributed by atoms with van der Waals surface area (Å²) in [5, 5.41) is -0.136. The second kappa shape index (κ2) is 9.01. The molecule has 0 heterocycles. The molecule has 4 heteroatoms. The largest absolute Gasteiger partial charge is 0.465 e. The topological polar surface area (TPSA) is 26.3 Å². The van der Waals surface area contributed by atoms with Crippen molar-refractivity contribution in [2.75, 3.05) is 19.0 Å². The third-order valence-corrected chi connectivity index (χ3v) is 3.00. The van der Waals surface area contributed by atoms with E-state index < -0.39 is 0 Å². The lowest BCUT2D eigenvalue weighted by atomic mass is 10.2. The van der Waals surface area contributed by atoms with E-state index in [2.05, 4.69) is 0 Å². The Hall–Kier alpha value is -0.250. The number of alkyl halides is 1. The smallest absolute Gasteiger partial charge is 0.318 e. The van der Waals surface area contributed by atoms with Crippen molar-refractivity contribution in [3.8, 4) is 0 Å². The van der Waals surface area contributed by atoms with Crippen LogP contribution in [-0.2, 0) is 9.53 Å². The second-order valence-electron chi connectivity index (χ2n) is 3.93. The van der Waals surface area contributed by atoms with Gasteiger partial charge in [0.15, 0.2) is 0 Å². The number of hydrogen-bond acceptors (Lipinski definition) is 3. The van der Waals surface area contributed by atoms with Gasteiger partial charge in [-0.05, 0) is 31.4 Å². The van der Waals surface area contributed by atoms with Crippen LogP contribution >= 0.6 is 11.8 Å². The fraction of sp³-hybridized carbons (Fsp3) is 0.909. The Bertz CT molecular complexity index is 174. The zero-order valence-electron chi connectivity index (χ0n) is 9.79. The quantitative estimate of drug-likeness (QED) is 0.478. The van der Waals surface area contributed by atoms with E-state index >= 15 is 0 Å². The molecule has 1 unspecified atom stereocenters. The maximum atomic E-state index is 11.8. The predicted molar refractivity (Wildman–Crippen MR) is 62.9 cm³/mol. The molecule has 0 aliphatic carbocycles. The standard InChI is InChI=1S/C11H21FO2S/c1-9(2)8-14-11(13)10(3)15-7-5-4-6-12/h9-10H,4-8H2,1-3H3. The first-order valence-electron chi connectivity index (χ1n) is 5.42. The van der Waals surface area contributed by atoms with Crippen LogP contribution in [0.3, 0.4) is 0 Å². The summed E-state index contributed by atoms with van der Waals surface area (Å²) in [5.41, 5.74) is 0. The molecule has 0 N–H and O–H groups in total. The molecule has 0 aromatic heterocycles. The fourth-order valence-corrected chi connectivity index (χ4v) is 1.82. The molecule has 90 valence electrons. The minimum absolute atomic E-state index is 0.136. The summed E-state index contributed by atoms with van der Waals surface area (Å²) in [4.78, 5) is 11.4. The minimum Gasteiger partial charge on any atom is -0.465 e. The molecule has 0 aromatic rings. The van der Waals surface area contributed by atoms with Gasteiger partial charge in [-0.15, -0.1) is 11.8 Å². The van der Waals surface area contributed by atoms with Crippen LogP contribution in [0.1, 0.15) is 33.6 Å². The molecule has 0 amide bonds. The lowest BCUT2D eigenvalue weighted by Crippen LogP contribution is -2.19. The first-order chi connectivity index (χ1) is 7.07. The van der Waals surface area contributed by atoms with Gasteiger partial charge in [0.2, 0.25) is 0 Å². The average Bonchev–Trinajstić information content (AvgIpc) is 2.20. The number of thioether (sulfide) groups is 1. The van der Waals surface area contributed by atoms with Gasteiger partial charge in [-0.1, -0.05) is 13.8 Å². The van der Waals surface area contributed by atoms with Gasteiger partial charge in [0.1, 0.15) is 0 Å². The molecule has 0 spiro atoms. The summed E-state index contributed by atoms with van der Waals surface area (Å²) < 4.78 is 16.9. The molecule has 0 aliphatic heterocycles. The molecule has 0 bridgehead atoms. The normalized spacial score (nSPS) is 12.9. The molecule has 1 atom stereocenters. The van der Waals surface area contributed by atoms with E-state index in [4.69, 9.17) is 4.74 Å². The molecule has 0 aliphatic rings. The highest BCUT2D eigenvalue weighted by Crippen LogP contribution is 2.14. The van der Waals surface area contributed by atoms with Gasteiger partial charge in [-0.25, -0.2) is 0 Å². The van der Waals surface area contributed by atoms with Gasteiger partial charge >= 0.3 is 5.97 Å². The summed E-state index contributed by atoms with van der Waals surface area (Å²) in [6, 6.07) is 0. The Morgan fingerprint density at radius 3 is 2.53 bits per heavy atom. The van der Waals surface area contributed by atoms with E-state index in [9.17, 15) is 9.18 Å². The summed E-state index contributed by atoms with van der Waals surface area (Å²) >= 11 is 1.53. The van der Waals surface area contributed by atoms with Crippen molar-refractivity contribution in [3.63, 3.8) is 0 Å². The summed E-state index contributed by atoms with van der Waals surface area (Å²) in [5.74, 6) is 1.04. The zero-order chi connectivity index (χ0) is 11.7. The Morgan fingerprint density at radius 2 is 2.00 bits per heavy atom. The van der Waals surface area contributed by atoms with Crippen LogP contribution in [0.15, 0.2) is 0 Å². The lowest BCUT2D eigenvalue weighted by Gasteiger charge is -2.12. The first-order valence-corrected chi connectivity index (χ1v) is 6.47. The Balaban J connectivity index is 3.51. The number of unbranched alkanes of at least 4 members (excludes halogenated alkanes) is 1. The molecule has 0 saturated carbocycles. The number of rotatable bonds is 8. The Morgan fingerprint density at radius 1 is 1.33 bits per heavy atom. The van der Waals surface area contributed by atoms with Crippen molar-refractivity contribution in [2.24, 2.45) is 5.92 Å². The van der Waals surface area contributed by atoms with Crippen molar-refractivity contribution >= 4 is 17.7 Å². The van der Waals surface area contributed by atoms with Crippen molar-refractivity contribution < 1.29 is 13.9 Å². The highest BCUT2D eigenvalue weighted by molar-refractivity contribution is 8.00. The lowest BCUT2D eigenvalue weighted by molar-refractivity contribution is -0.143. The molecular formula is C11H21FO2S. The molecule has 0 radical (unpaired) electrons. The zero-order valence-corrected chi connectivity index (χ0v) is 10.6. The molecule has 0 fully saturated rings. The third kappa shape index (κ3) is 8.73. The second-order valence-corrected chi connectivity index (χ2v) is 5.38. The average molecular weight is 236 g/mol. The third-order valence-electron chi connectivity index (χ3n) is 1.79. The van der Waals surface area contributed by atoms with Crippen molar-refractivity contribution in [2.45, 2.75) is 38.9 Å². The van der Waals surface area contributed by atoms with Gasteiger partial charge in [0.05, 0.1) is 18.5 Å². The van der Waals surface area contributed by atoms with Crippen LogP contribution in [0.4, 0.5) is 4.39 Å². The van der Waals surface area contributed by atoms with Crippen molar-refractivity contribution in [1.29, 1.82) is 0 Å². The van der Waals surface area contributed by atoms with Crippen molar-refractivity contribution in [3.05, 3.63) is 0 Å². The van der Waals surface area contributed by atoms with Crippen molar-refractivity contribution in [1.82, 2.24) is 0 Å². The van der Waals surface area contributed by atoms with Crippen LogP contribution in [-0.4, -0.2) is 30.3 Å². The van der Waals surface area contributed by atoms with Gasteiger partial charge in [-0.2, -0.15) is 0 Å². The van der Waals surface area contributed by atoms with Crippen LogP contribution < -0.4 is 0 Å². The van der Waals surface area contributed by atoms with E-state index in [0.717, 1.165) is 12.2 Å². The monoisotopic (exact) mass is 236 g/mol. The van der Waals surface area contributed by atoms with Gasteiger partial charge in [0, 0.05) is 0 Å². The maximum Gasteiger partial charge on any atom is 0.318 e. The number of carbonyl (C=O) groups is 1. The maximum absolute atomic E-state index is 11.8. The molecule has 2 nitrogen and oxygen atoms in total. The molecule has 0 saturated heterocycles. The van der Waals surface area contributed by atoms with Crippen LogP contribution in [0.5, 0.6) is 0 Å². The van der Waals surface area contributed by atoms with E-state index in [0.29, 0.717) is 18.9 Å². The summed E-state index contributed by atoms with van der Waals surface area (Å²) in [6.45, 7) is 6.06. The minimum atomic E-state index is -0.271. The van der Waals surface area contributed by atoms with Crippen LogP contribution in [0.2, 0.25) is 0 Å². The van der Waals surface area contributed by atoms with E-state index in [1.165, 1.54) is 11.8 Å². The highest BCUT2D eigenvalue weighted by atomic mass is 32.2. The summed E-state index contributed by atoms with van der Waals surface area (Å²) in [7, 11) is 0. The van der Waals surface area contributed by atoms with E-state index in [1.54, 1.807) is 0 Å². The number of carbonyl (C=O) groups excluding carboxylic acids is 1. The molecule has 15 heavy (non-hydrogen) atoms. The SMILES string of the molecule is CC(C)COC(=O)C(C)SCCCCF. The van der Waals surface area contributed by atoms with E-state index in [-0.39, 0.29) is 17.9 Å². The molecule has 0 rings (SSSR count). The number of ether oxygens (including phenoxy) is 1. The van der Waals surface area contributed by atoms with Crippen LogP contribution in [0.25, 0.3) is 0 Å². The number of esters is 1. The molecular weight excluding hydrogens is 215 g/mol. The van der Waals surface area contributed by atoms with E-state index in [1.807, 2.05) is 20.8 Å². The Labute approximate surface area is 96.0 Å². The highest BCUT2D eigenvalue weighted by Gasteiger charge is 2.14. The Kier molecular flexibility index (Phi) is 8.86. The van der Waals surface area contributed by atoms with Gasteiger partial charge in [0.25, 0.3) is 0 Å². The van der Waals surface area contributed by atoms with Gasteiger partial charge < -0.3 is 4.74 Å². The number of halogens is 1. The first kappa shape index (κ1) is 14.8. The van der Waals surface area contributed by atoms with Crippen LogP contribution in [0, 0.1) is 5.92 Å². The fourth-order valence-electron chi connectivity index (χ4n) is 0.891. The van der Waals surface area contributed by atoms with Gasteiger partial charge in [-0.3, -0.25) is 9.18 Å². The molecule has 0 aromatic carbocycles. The number of hydrogen-bond donors (Lipinski definition) is 0.